The van der Waals surface area contributed by atoms with Crippen LogP contribution in [0.4, 0.5) is 8.78 Å². The van der Waals surface area contributed by atoms with E-state index < -0.39 is 43.2 Å². The molecule has 9 heteroatoms. The molecule has 1 aromatic rings. The van der Waals surface area contributed by atoms with Gasteiger partial charge in [-0.15, -0.1) is 0 Å². The number of ether oxygens (including phenoxy) is 2. The van der Waals surface area contributed by atoms with Crippen molar-refractivity contribution in [2.75, 3.05) is 13.7 Å². The molecule has 0 bridgehead atoms. The number of esters is 1. The molecular weight excluding hydrogens is 318 g/mol. The minimum absolute atomic E-state index is 0.0163. The predicted molar refractivity (Wildman–Crippen MR) is 66.2 cm³/mol. The number of carbonyl (C=O) groups excluding carboxylic acids is 1. The van der Waals surface area contributed by atoms with E-state index in [0.717, 1.165) is 0 Å². The van der Waals surface area contributed by atoms with E-state index in [-0.39, 0.29) is 6.61 Å². The molecule has 0 N–H and O–H groups in total. The average Bonchev–Trinajstić information content (AvgIpc) is 2.26. The molecule has 0 radical (unpaired) electrons. The SMILES string of the molecule is COCC(C)OC(=O)c1c(F)ccc(S(=O)(=O)Cl)c1F. The predicted octanol–water partition coefficient (Wildman–Crippen LogP) is 2.08. The first kappa shape index (κ1) is 16.8. The second-order valence-electron chi connectivity index (χ2n) is 3.84. The first-order chi connectivity index (χ1) is 9.18. The smallest absolute Gasteiger partial charge is 0.344 e. The van der Waals surface area contributed by atoms with Crippen molar-refractivity contribution in [1.29, 1.82) is 0 Å². The van der Waals surface area contributed by atoms with Gasteiger partial charge in [-0.25, -0.2) is 22.0 Å². The van der Waals surface area contributed by atoms with Gasteiger partial charge >= 0.3 is 5.97 Å². The maximum Gasteiger partial charge on any atom is 0.344 e. The summed E-state index contributed by atoms with van der Waals surface area (Å²) in [5.74, 6) is -4.18. The first-order valence-electron chi connectivity index (χ1n) is 5.31. The van der Waals surface area contributed by atoms with E-state index in [0.29, 0.717) is 12.1 Å². The van der Waals surface area contributed by atoms with Crippen molar-refractivity contribution in [2.24, 2.45) is 0 Å². The second-order valence-corrected chi connectivity index (χ2v) is 6.38. The Morgan fingerprint density at radius 3 is 2.50 bits per heavy atom. The van der Waals surface area contributed by atoms with Gasteiger partial charge in [0.05, 0.1) is 6.61 Å². The van der Waals surface area contributed by atoms with Crippen LogP contribution in [0.1, 0.15) is 17.3 Å². The Bertz CT molecular complexity index is 617. The summed E-state index contributed by atoms with van der Waals surface area (Å²) in [5, 5.41) is 0. The largest absolute Gasteiger partial charge is 0.456 e. The standard InChI is InChI=1S/C11H11ClF2O5S/c1-6(5-18-2)19-11(15)9-7(13)3-4-8(10(9)14)20(12,16)17/h3-4,6H,5H2,1-2H3. The van der Waals surface area contributed by atoms with Crippen LogP contribution in [0, 0.1) is 11.6 Å². The molecule has 1 unspecified atom stereocenters. The van der Waals surface area contributed by atoms with Crippen molar-refractivity contribution in [3.8, 4) is 0 Å². The van der Waals surface area contributed by atoms with E-state index in [4.69, 9.17) is 20.2 Å². The van der Waals surface area contributed by atoms with Crippen LogP contribution in [0.5, 0.6) is 0 Å². The first-order valence-corrected chi connectivity index (χ1v) is 7.62. The molecule has 0 aliphatic carbocycles. The number of halogens is 3. The molecule has 20 heavy (non-hydrogen) atoms. The zero-order valence-electron chi connectivity index (χ0n) is 10.5. The van der Waals surface area contributed by atoms with Gasteiger partial charge in [0.25, 0.3) is 9.05 Å². The lowest BCUT2D eigenvalue weighted by atomic mass is 10.2. The molecule has 0 spiro atoms. The Balaban J connectivity index is 3.21. The molecule has 5 nitrogen and oxygen atoms in total. The van der Waals surface area contributed by atoms with Gasteiger partial charge in [0, 0.05) is 17.8 Å². The molecule has 0 amide bonds. The van der Waals surface area contributed by atoms with Crippen LogP contribution in [0.25, 0.3) is 0 Å². The quantitative estimate of drug-likeness (QED) is 0.611. The third kappa shape index (κ3) is 3.87. The summed E-state index contributed by atoms with van der Waals surface area (Å²) in [4.78, 5) is 10.7. The summed E-state index contributed by atoms with van der Waals surface area (Å²) < 4.78 is 59.0. The number of hydrogen-bond acceptors (Lipinski definition) is 5. The Morgan fingerprint density at radius 2 is 2.00 bits per heavy atom. The molecule has 0 aliphatic rings. The maximum absolute atomic E-state index is 13.9. The minimum Gasteiger partial charge on any atom is -0.456 e. The molecule has 0 saturated carbocycles. The zero-order chi connectivity index (χ0) is 15.5. The fraction of sp³-hybridized carbons (Fsp3) is 0.364. The molecule has 0 aromatic heterocycles. The highest BCUT2D eigenvalue weighted by Crippen LogP contribution is 2.24. The Morgan fingerprint density at radius 1 is 1.40 bits per heavy atom. The van der Waals surface area contributed by atoms with Crippen molar-refractivity contribution in [3.05, 3.63) is 29.3 Å². The van der Waals surface area contributed by atoms with Gasteiger partial charge in [-0.3, -0.25) is 0 Å². The third-order valence-corrected chi connectivity index (χ3v) is 3.57. The number of carbonyl (C=O) groups is 1. The molecule has 0 fully saturated rings. The minimum atomic E-state index is -4.45. The van der Waals surface area contributed by atoms with Gasteiger partial charge in [-0.2, -0.15) is 0 Å². The average molecular weight is 329 g/mol. The van der Waals surface area contributed by atoms with Crippen molar-refractivity contribution in [1.82, 2.24) is 0 Å². The highest BCUT2D eigenvalue weighted by Gasteiger charge is 2.27. The second kappa shape index (κ2) is 6.47. The molecular formula is C11H11ClF2O5S. The van der Waals surface area contributed by atoms with Crippen LogP contribution in [0.15, 0.2) is 17.0 Å². The summed E-state index contributed by atoms with van der Waals surface area (Å²) in [6.07, 6.45) is -0.762. The van der Waals surface area contributed by atoms with E-state index in [2.05, 4.69) is 0 Å². The van der Waals surface area contributed by atoms with Crippen molar-refractivity contribution in [3.63, 3.8) is 0 Å². The number of hydrogen-bond donors (Lipinski definition) is 0. The van der Waals surface area contributed by atoms with Gasteiger partial charge in [0.2, 0.25) is 0 Å². The fourth-order valence-corrected chi connectivity index (χ4v) is 2.32. The van der Waals surface area contributed by atoms with Crippen LogP contribution in [-0.2, 0) is 18.5 Å². The lowest BCUT2D eigenvalue weighted by Gasteiger charge is -2.13. The zero-order valence-corrected chi connectivity index (χ0v) is 12.1. The Hall–Kier alpha value is -1.25. The molecule has 1 atom stereocenters. The van der Waals surface area contributed by atoms with Crippen LogP contribution in [0.2, 0.25) is 0 Å². The van der Waals surface area contributed by atoms with Crippen LogP contribution < -0.4 is 0 Å². The highest BCUT2D eigenvalue weighted by molar-refractivity contribution is 8.13. The summed E-state index contributed by atoms with van der Waals surface area (Å²) in [5.41, 5.74) is -1.12. The van der Waals surface area contributed by atoms with E-state index in [1.54, 1.807) is 0 Å². The van der Waals surface area contributed by atoms with Crippen LogP contribution >= 0.6 is 10.7 Å². The monoisotopic (exact) mass is 328 g/mol. The Labute approximate surface area is 118 Å². The summed E-state index contributed by atoms with van der Waals surface area (Å²) in [7, 11) is 1.89. The molecule has 0 saturated heterocycles. The van der Waals surface area contributed by atoms with E-state index >= 15 is 0 Å². The van der Waals surface area contributed by atoms with Crippen molar-refractivity contribution >= 4 is 25.7 Å². The van der Waals surface area contributed by atoms with E-state index in [9.17, 15) is 22.0 Å². The summed E-state index contributed by atoms with van der Waals surface area (Å²) >= 11 is 0. The molecule has 112 valence electrons. The lowest BCUT2D eigenvalue weighted by molar-refractivity contribution is 0.0110. The van der Waals surface area contributed by atoms with Gasteiger partial charge in [-0.05, 0) is 19.1 Å². The summed E-state index contributed by atoms with van der Waals surface area (Å²) in [6, 6.07) is 1.25. The molecule has 0 aliphatic heterocycles. The van der Waals surface area contributed by atoms with Gasteiger partial charge in [-0.1, -0.05) is 0 Å². The van der Waals surface area contributed by atoms with Crippen LogP contribution in [0.3, 0.4) is 0 Å². The van der Waals surface area contributed by atoms with E-state index in [1.165, 1.54) is 14.0 Å². The fourth-order valence-electron chi connectivity index (χ4n) is 1.42. The topological polar surface area (TPSA) is 69.7 Å². The van der Waals surface area contributed by atoms with Crippen LogP contribution in [-0.4, -0.2) is 34.2 Å². The number of rotatable bonds is 5. The molecule has 1 rings (SSSR count). The Kier molecular flexibility index (Phi) is 5.43. The molecule has 0 heterocycles. The molecule has 1 aromatic carbocycles. The highest BCUT2D eigenvalue weighted by atomic mass is 35.7. The normalized spacial score (nSPS) is 13.1. The number of benzene rings is 1. The number of methoxy groups -OCH3 is 1. The van der Waals surface area contributed by atoms with Gasteiger partial charge in [0.15, 0.2) is 5.82 Å². The van der Waals surface area contributed by atoms with Crippen molar-refractivity contribution < 1.29 is 31.5 Å². The lowest BCUT2D eigenvalue weighted by Crippen LogP contribution is -2.22. The summed E-state index contributed by atoms with van der Waals surface area (Å²) in [6.45, 7) is 1.46. The maximum atomic E-state index is 13.9. The van der Waals surface area contributed by atoms with E-state index in [1.807, 2.05) is 0 Å². The van der Waals surface area contributed by atoms with Gasteiger partial charge < -0.3 is 9.47 Å². The van der Waals surface area contributed by atoms with Crippen molar-refractivity contribution in [2.45, 2.75) is 17.9 Å². The third-order valence-electron chi connectivity index (χ3n) is 2.23. The van der Waals surface area contributed by atoms with Gasteiger partial charge in [0.1, 0.15) is 22.4 Å².